The van der Waals surface area contributed by atoms with Gasteiger partial charge >= 0.3 is 0 Å². The lowest BCUT2D eigenvalue weighted by Crippen LogP contribution is -2.16. The van der Waals surface area contributed by atoms with Crippen molar-refractivity contribution in [3.05, 3.63) is 52.8 Å². The molecular formula is C15H14ClFN2O2. The molecule has 2 aromatic carbocycles. The highest BCUT2D eigenvalue weighted by Crippen LogP contribution is 2.28. The fraction of sp³-hybridized carbons (Fsp3) is 0.133. The SMILES string of the molecule is CCOc1cccc(N)c1C(=O)Nc1cc(F)ccc1Cl. The summed E-state index contributed by atoms with van der Waals surface area (Å²) in [5.41, 5.74) is 6.46. The molecule has 0 bridgehead atoms. The van der Waals surface area contributed by atoms with Crippen LogP contribution in [0.15, 0.2) is 36.4 Å². The van der Waals surface area contributed by atoms with Crippen molar-refractivity contribution in [2.75, 3.05) is 17.7 Å². The monoisotopic (exact) mass is 308 g/mol. The molecule has 21 heavy (non-hydrogen) atoms. The van der Waals surface area contributed by atoms with Crippen LogP contribution in [0.3, 0.4) is 0 Å². The summed E-state index contributed by atoms with van der Waals surface area (Å²) in [7, 11) is 0. The third kappa shape index (κ3) is 3.44. The van der Waals surface area contributed by atoms with Gasteiger partial charge in [0.1, 0.15) is 17.1 Å². The van der Waals surface area contributed by atoms with E-state index < -0.39 is 11.7 Å². The number of anilines is 2. The van der Waals surface area contributed by atoms with E-state index in [0.29, 0.717) is 12.4 Å². The van der Waals surface area contributed by atoms with Crippen molar-refractivity contribution < 1.29 is 13.9 Å². The zero-order valence-electron chi connectivity index (χ0n) is 11.3. The molecule has 3 N–H and O–H groups in total. The van der Waals surface area contributed by atoms with Crippen molar-refractivity contribution in [2.24, 2.45) is 0 Å². The summed E-state index contributed by atoms with van der Waals surface area (Å²) in [5, 5.41) is 2.77. The van der Waals surface area contributed by atoms with Gasteiger partial charge in [0, 0.05) is 5.69 Å². The van der Waals surface area contributed by atoms with E-state index in [2.05, 4.69) is 5.32 Å². The number of rotatable bonds is 4. The van der Waals surface area contributed by atoms with Gasteiger partial charge in [-0.3, -0.25) is 4.79 Å². The molecular weight excluding hydrogens is 295 g/mol. The van der Waals surface area contributed by atoms with Crippen molar-refractivity contribution >= 4 is 28.9 Å². The van der Waals surface area contributed by atoms with E-state index in [0.717, 1.165) is 6.07 Å². The van der Waals surface area contributed by atoms with Gasteiger partial charge in [-0.15, -0.1) is 0 Å². The number of amides is 1. The molecule has 0 spiro atoms. The maximum absolute atomic E-state index is 13.2. The molecule has 0 atom stereocenters. The normalized spacial score (nSPS) is 10.2. The third-order valence-corrected chi connectivity index (χ3v) is 3.09. The number of benzene rings is 2. The number of nitrogens with one attached hydrogen (secondary N) is 1. The van der Waals surface area contributed by atoms with Gasteiger partial charge in [-0.1, -0.05) is 17.7 Å². The van der Waals surface area contributed by atoms with Gasteiger partial charge < -0.3 is 15.8 Å². The van der Waals surface area contributed by atoms with Crippen LogP contribution >= 0.6 is 11.6 Å². The standard InChI is InChI=1S/C15H14ClFN2O2/c1-2-21-13-5-3-4-11(18)14(13)15(20)19-12-8-9(17)6-7-10(12)16/h3-8H,2,18H2,1H3,(H,19,20). The largest absolute Gasteiger partial charge is 0.493 e. The molecule has 1 amide bonds. The van der Waals surface area contributed by atoms with Gasteiger partial charge in [0.2, 0.25) is 0 Å². The Kier molecular flexibility index (Phi) is 4.65. The molecule has 0 aliphatic rings. The van der Waals surface area contributed by atoms with Crippen molar-refractivity contribution in [3.63, 3.8) is 0 Å². The lowest BCUT2D eigenvalue weighted by atomic mass is 10.1. The van der Waals surface area contributed by atoms with Crippen LogP contribution in [0.2, 0.25) is 5.02 Å². The molecule has 4 nitrogen and oxygen atoms in total. The zero-order chi connectivity index (χ0) is 15.4. The van der Waals surface area contributed by atoms with Gasteiger partial charge in [0.25, 0.3) is 5.91 Å². The average molecular weight is 309 g/mol. The summed E-state index contributed by atoms with van der Waals surface area (Å²) in [5.74, 6) is -0.646. The molecule has 0 aliphatic heterocycles. The van der Waals surface area contributed by atoms with Crippen LogP contribution in [-0.2, 0) is 0 Å². The van der Waals surface area contributed by atoms with E-state index in [1.54, 1.807) is 25.1 Å². The quantitative estimate of drug-likeness (QED) is 0.846. The molecule has 0 aliphatic carbocycles. The fourth-order valence-electron chi connectivity index (χ4n) is 1.84. The molecule has 110 valence electrons. The number of halogens is 2. The predicted octanol–water partition coefficient (Wildman–Crippen LogP) is 3.71. The lowest BCUT2D eigenvalue weighted by Gasteiger charge is -2.13. The van der Waals surface area contributed by atoms with Crippen molar-refractivity contribution in [2.45, 2.75) is 6.92 Å². The maximum Gasteiger partial charge on any atom is 0.261 e. The van der Waals surface area contributed by atoms with Crippen LogP contribution in [0.5, 0.6) is 5.75 Å². The molecule has 2 aromatic rings. The summed E-state index contributed by atoms with van der Waals surface area (Å²) >= 11 is 5.92. The second kappa shape index (κ2) is 6.45. The summed E-state index contributed by atoms with van der Waals surface area (Å²) < 4.78 is 18.6. The number of nitrogen functional groups attached to an aromatic ring is 1. The first-order valence-electron chi connectivity index (χ1n) is 6.30. The first kappa shape index (κ1) is 15.1. The molecule has 0 saturated carbocycles. The van der Waals surface area contributed by atoms with Crippen molar-refractivity contribution in [1.82, 2.24) is 0 Å². The first-order chi connectivity index (χ1) is 10.0. The number of carbonyl (C=O) groups is 1. The van der Waals surface area contributed by atoms with Crippen LogP contribution in [0.25, 0.3) is 0 Å². The Morgan fingerprint density at radius 1 is 1.38 bits per heavy atom. The minimum absolute atomic E-state index is 0.173. The number of hydrogen-bond donors (Lipinski definition) is 2. The molecule has 0 radical (unpaired) electrons. The molecule has 0 unspecified atom stereocenters. The number of nitrogens with two attached hydrogens (primary N) is 1. The van der Waals surface area contributed by atoms with E-state index in [1.807, 2.05) is 0 Å². The van der Waals surface area contributed by atoms with Gasteiger partial charge in [0.05, 0.1) is 17.3 Å². The predicted molar refractivity (Wildman–Crippen MR) is 81.4 cm³/mol. The van der Waals surface area contributed by atoms with Crippen molar-refractivity contribution in [3.8, 4) is 5.75 Å². The summed E-state index contributed by atoms with van der Waals surface area (Å²) in [6, 6.07) is 8.63. The van der Waals surface area contributed by atoms with Gasteiger partial charge in [-0.05, 0) is 37.3 Å². The fourth-order valence-corrected chi connectivity index (χ4v) is 2.01. The van der Waals surface area contributed by atoms with Gasteiger partial charge in [-0.2, -0.15) is 0 Å². The Hall–Kier alpha value is -2.27. The van der Waals surface area contributed by atoms with Crippen LogP contribution in [0, 0.1) is 5.82 Å². The van der Waals surface area contributed by atoms with E-state index in [1.165, 1.54) is 12.1 Å². The Balaban J connectivity index is 2.34. The molecule has 0 saturated heterocycles. The molecule has 0 aromatic heterocycles. The zero-order valence-corrected chi connectivity index (χ0v) is 12.1. The van der Waals surface area contributed by atoms with E-state index >= 15 is 0 Å². The lowest BCUT2D eigenvalue weighted by molar-refractivity contribution is 0.102. The highest BCUT2D eigenvalue weighted by Gasteiger charge is 2.17. The van der Waals surface area contributed by atoms with Crippen molar-refractivity contribution in [1.29, 1.82) is 0 Å². The molecule has 2 rings (SSSR count). The third-order valence-electron chi connectivity index (χ3n) is 2.76. The van der Waals surface area contributed by atoms with Gasteiger partial charge in [-0.25, -0.2) is 4.39 Å². The highest BCUT2D eigenvalue weighted by molar-refractivity contribution is 6.34. The van der Waals surface area contributed by atoms with Crippen LogP contribution in [-0.4, -0.2) is 12.5 Å². The Bertz CT molecular complexity index is 677. The topological polar surface area (TPSA) is 64.3 Å². The smallest absolute Gasteiger partial charge is 0.261 e. The molecule has 0 heterocycles. The minimum Gasteiger partial charge on any atom is -0.493 e. The Morgan fingerprint density at radius 3 is 2.86 bits per heavy atom. The van der Waals surface area contributed by atoms with E-state index in [-0.39, 0.29) is 22.0 Å². The average Bonchev–Trinajstić information content (AvgIpc) is 2.43. The van der Waals surface area contributed by atoms with E-state index in [9.17, 15) is 9.18 Å². The summed E-state index contributed by atoms with van der Waals surface area (Å²) in [6.07, 6.45) is 0. The van der Waals surface area contributed by atoms with Crippen LogP contribution < -0.4 is 15.8 Å². The highest BCUT2D eigenvalue weighted by atomic mass is 35.5. The summed E-state index contributed by atoms with van der Waals surface area (Å²) in [6.45, 7) is 2.19. The maximum atomic E-state index is 13.2. The number of carbonyl (C=O) groups excluding carboxylic acids is 1. The second-order valence-electron chi connectivity index (χ2n) is 4.23. The minimum atomic E-state index is -0.510. The molecule has 6 heteroatoms. The van der Waals surface area contributed by atoms with E-state index in [4.69, 9.17) is 22.1 Å². The van der Waals surface area contributed by atoms with Crippen LogP contribution in [0.1, 0.15) is 17.3 Å². The second-order valence-corrected chi connectivity index (χ2v) is 4.64. The number of hydrogen-bond acceptors (Lipinski definition) is 3. The van der Waals surface area contributed by atoms with Gasteiger partial charge in [0.15, 0.2) is 0 Å². The van der Waals surface area contributed by atoms with Crippen LogP contribution in [0.4, 0.5) is 15.8 Å². The Morgan fingerprint density at radius 2 is 2.14 bits per heavy atom. The first-order valence-corrected chi connectivity index (χ1v) is 6.68. The Labute approximate surface area is 126 Å². The number of ether oxygens (including phenoxy) is 1. The molecule has 0 fully saturated rings. The summed E-state index contributed by atoms with van der Waals surface area (Å²) in [4.78, 5) is 12.3.